The van der Waals surface area contributed by atoms with Gasteiger partial charge in [0.15, 0.2) is 0 Å². The Morgan fingerprint density at radius 3 is 2.29 bits per heavy atom. The van der Waals surface area contributed by atoms with Gasteiger partial charge in [-0.3, -0.25) is 0 Å². The molecule has 0 heterocycles. The second kappa shape index (κ2) is 6.77. The molecule has 2 nitrogen and oxygen atoms in total. The minimum Gasteiger partial charge on any atom is -0.487 e. The summed E-state index contributed by atoms with van der Waals surface area (Å²) in [6.07, 6.45) is 0.0841. The zero-order chi connectivity index (χ0) is 15.4. The van der Waals surface area contributed by atoms with Crippen molar-refractivity contribution in [2.75, 3.05) is 0 Å². The van der Waals surface area contributed by atoms with Gasteiger partial charge in [-0.05, 0) is 49.9 Å². The van der Waals surface area contributed by atoms with E-state index in [1.165, 1.54) is 11.1 Å². The fourth-order valence-corrected chi connectivity index (χ4v) is 2.42. The third-order valence-electron chi connectivity index (χ3n) is 3.82. The van der Waals surface area contributed by atoms with E-state index < -0.39 is 6.10 Å². The monoisotopic (exact) mass is 284 g/mol. The molecule has 2 aromatic carbocycles. The Labute approximate surface area is 127 Å². The maximum Gasteiger partial charge on any atom is 0.126 e. The van der Waals surface area contributed by atoms with Crippen molar-refractivity contribution >= 4 is 0 Å². The van der Waals surface area contributed by atoms with E-state index in [0.29, 0.717) is 0 Å². The second-order valence-corrected chi connectivity index (χ2v) is 5.63. The molecule has 0 aromatic heterocycles. The molecule has 2 heteroatoms. The average molecular weight is 284 g/mol. The molecular weight excluding hydrogens is 260 g/mol. The van der Waals surface area contributed by atoms with Gasteiger partial charge in [-0.25, -0.2) is 0 Å². The maximum absolute atomic E-state index is 10.4. The Morgan fingerprint density at radius 2 is 1.71 bits per heavy atom. The van der Waals surface area contributed by atoms with Crippen LogP contribution in [0.1, 0.15) is 42.2 Å². The molecule has 0 bridgehead atoms. The minimum absolute atomic E-state index is 0.293. The normalized spacial score (nSPS) is 13.8. The summed E-state index contributed by atoms with van der Waals surface area (Å²) in [5, 5.41) is 10.4. The molecule has 0 saturated heterocycles. The summed E-state index contributed by atoms with van der Waals surface area (Å²) in [4.78, 5) is 0. The number of hydrogen-bond donors (Lipinski definition) is 1. The molecule has 0 amide bonds. The van der Waals surface area contributed by atoms with Crippen LogP contribution in [0, 0.1) is 13.8 Å². The van der Waals surface area contributed by atoms with E-state index in [4.69, 9.17) is 4.74 Å². The highest BCUT2D eigenvalue weighted by Crippen LogP contribution is 2.25. The van der Waals surface area contributed by atoms with Crippen molar-refractivity contribution in [2.45, 2.75) is 46.3 Å². The van der Waals surface area contributed by atoms with Gasteiger partial charge in [-0.15, -0.1) is 0 Å². The molecule has 21 heavy (non-hydrogen) atoms. The number of benzene rings is 2. The summed E-state index contributed by atoms with van der Waals surface area (Å²) in [6.45, 7) is 8.11. The zero-order valence-corrected chi connectivity index (χ0v) is 13.3. The van der Waals surface area contributed by atoms with Crippen LogP contribution in [0.2, 0.25) is 0 Å². The van der Waals surface area contributed by atoms with Crippen LogP contribution in [-0.2, 0) is 6.42 Å². The summed E-state index contributed by atoms with van der Waals surface area (Å²) in [6, 6.07) is 14.2. The van der Waals surface area contributed by atoms with E-state index >= 15 is 0 Å². The van der Waals surface area contributed by atoms with Gasteiger partial charge >= 0.3 is 0 Å². The molecule has 0 fully saturated rings. The molecule has 2 unspecified atom stereocenters. The number of hydrogen-bond acceptors (Lipinski definition) is 2. The molecular formula is C19H24O2. The van der Waals surface area contributed by atoms with E-state index in [1.807, 2.05) is 38.1 Å². The Bertz CT molecular complexity index is 587. The lowest BCUT2D eigenvalue weighted by molar-refractivity contribution is 0.0463. The van der Waals surface area contributed by atoms with E-state index in [0.717, 1.165) is 23.3 Å². The predicted octanol–water partition coefficient (Wildman–Crippen LogP) is 4.37. The predicted molar refractivity (Wildman–Crippen MR) is 86.8 cm³/mol. The number of ether oxygens (including phenoxy) is 1. The van der Waals surface area contributed by atoms with Gasteiger partial charge in [-0.1, -0.05) is 48.9 Å². The summed E-state index contributed by atoms with van der Waals surface area (Å²) < 4.78 is 5.92. The molecule has 0 spiro atoms. The number of rotatable bonds is 5. The van der Waals surface area contributed by atoms with E-state index in [-0.39, 0.29) is 6.10 Å². The SMILES string of the molecule is CCc1ccc(C(O)C(C)Oc2ccc(C)cc2C)cc1. The van der Waals surface area contributed by atoms with Crippen LogP contribution in [0.3, 0.4) is 0 Å². The number of aliphatic hydroxyl groups is 1. The van der Waals surface area contributed by atoms with E-state index in [2.05, 4.69) is 32.0 Å². The summed E-state index contributed by atoms with van der Waals surface area (Å²) >= 11 is 0. The lowest BCUT2D eigenvalue weighted by atomic mass is 10.0. The summed E-state index contributed by atoms with van der Waals surface area (Å²) in [7, 11) is 0. The van der Waals surface area contributed by atoms with Gasteiger partial charge in [-0.2, -0.15) is 0 Å². The first kappa shape index (κ1) is 15.6. The third-order valence-corrected chi connectivity index (χ3v) is 3.82. The standard InChI is InChI=1S/C19H24O2/c1-5-16-7-9-17(10-8-16)19(20)15(4)21-18-11-6-13(2)12-14(18)3/h6-12,15,19-20H,5H2,1-4H3. The van der Waals surface area contributed by atoms with Gasteiger partial charge < -0.3 is 9.84 Å². The Kier molecular flexibility index (Phi) is 5.03. The lowest BCUT2D eigenvalue weighted by Crippen LogP contribution is -2.22. The Morgan fingerprint density at radius 1 is 1.05 bits per heavy atom. The zero-order valence-electron chi connectivity index (χ0n) is 13.3. The minimum atomic E-state index is -0.628. The van der Waals surface area contributed by atoms with Crippen molar-refractivity contribution in [1.29, 1.82) is 0 Å². The highest BCUT2D eigenvalue weighted by molar-refractivity contribution is 5.36. The van der Waals surface area contributed by atoms with Crippen molar-refractivity contribution in [3.8, 4) is 5.75 Å². The van der Waals surface area contributed by atoms with Crippen molar-refractivity contribution in [1.82, 2.24) is 0 Å². The van der Waals surface area contributed by atoms with E-state index in [1.54, 1.807) is 0 Å². The first-order valence-electron chi connectivity index (χ1n) is 7.52. The van der Waals surface area contributed by atoms with Gasteiger partial charge in [0, 0.05) is 0 Å². The van der Waals surface area contributed by atoms with Gasteiger partial charge in [0.2, 0.25) is 0 Å². The molecule has 0 aliphatic heterocycles. The molecule has 0 aliphatic rings. The highest BCUT2D eigenvalue weighted by atomic mass is 16.5. The first-order valence-corrected chi connectivity index (χ1v) is 7.52. The highest BCUT2D eigenvalue weighted by Gasteiger charge is 2.18. The van der Waals surface area contributed by atoms with Crippen LogP contribution in [0.4, 0.5) is 0 Å². The lowest BCUT2D eigenvalue weighted by Gasteiger charge is -2.22. The molecule has 2 atom stereocenters. The van der Waals surface area contributed by atoms with Crippen LogP contribution in [0.15, 0.2) is 42.5 Å². The summed E-state index contributed by atoms with van der Waals surface area (Å²) in [5.41, 5.74) is 4.47. The molecule has 0 saturated carbocycles. The molecule has 1 N–H and O–H groups in total. The first-order chi connectivity index (χ1) is 10.0. The van der Waals surface area contributed by atoms with Gasteiger partial charge in [0.05, 0.1) is 0 Å². The smallest absolute Gasteiger partial charge is 0.126 e. The van der Waals surface area contributed by atoms with Gasteiger partial charge in [0.1, 0.15) is 18.0 Å². The average Bonchev–Trinajstić information content (AvgIpc) is 2.49. The molecule has 112 valence electrons. The maximum atomic E-state index is 10.4. The third kappa shape index (κ3) is 3.85. The Hall–Kier alpha value is -1.80. The van der Waals surface area contributed by atoms with Crippen molar-refractivity contribution in [3.63, 3.8) is 0 Å². The largest absolute Gasteiger partial charge is 0.487 e. The Balaban J connectivity index is 2.09. The van der Waals surface area contributed by atoms with Gasteiger partial charge in [0.25, 0.3) is 0 Å². The van der Waals surface area contributed by atoms with Crippen molar-refractivity contribution in [3.05, 3.63) is 64.7 Å². The second-order valence-electron chi connectivity index (χ2n) is 5.63. The van der Waals surface area contributed by atoms with Crippen molar-refractivity contribution < 1.29 is 9.84 Å². The van der Waals surface area contributed by atoms with Crippen LogP contribution >= 0.6 is 0 Å². The molecule has 0 aliphatic carbocycles. The fraction of sp³-hybridized carbons (Fsp3) is 0.368. The summed E-state index contributed by atoms with van der Waals surface area (Å²) in [5.74, 6) is 0.831. The van der Waals surface area contributed by atoms with Crippen LogP contribution in [0.25, 0.3) is 0 Å². The van der Waals surface area contributed by atoms with E-state index in [9.17, 15) is 5.11 Å². The van der Waals surface area contributed by atoms with Crippen molar-refractivity contribution in [2.24, 2.45) is 0 Å². The quantitative estimate of drug-likeness (QED) is 0.883. The van der Waals surface area contributed by atoms with Crippen LogP contribution in [-0.4, -0.2) is 11.2 Å². The topological polar surface area (TPSA) is 29.5 Å². The molecule has 2 aromatic rings. The molecule has 2 rings (SSSR count). The number of aliphatic hydroxyl groups excluding tert-OH is 1. The van der Waals surface area contributed by atoms with Crippen LogP contribution in [0.5, 0.6) is 5.75 Å². The van der Waals surface area contributed by atoms with Crippen LogP contribution < -0.4 is 4.74 Å². The fourth-order valence-electron chi connectivity index (χ4n) is 2.42. The number of aryl methyl sites for hydroxylation is 3. The molecule has 0 radical (unpaired) electrons.